The van der Waals surface area contributed by atoms with E-state index in [1.165, 1.54) is 12.8 Å². The summed E-state index contributed by atoms with van der Waals surface area (Å²) in [5.74, 6) is -0.578. The summed E-state index contributed by atoms with van der Waals surface area (Å²) in [6.45, 7) is 3.01. The van der Waals surface area contributed by atoms with Crippen LogP contribution in [0, 0.1) is 5.41 Å². The minimum Gasteiger partial charge on any atom is -0.481 e. The van der Waals surface area contributed by atoms with E-state index >= 15 is 0 Å². The van der Waals surface area contributed by atoms with Crippen molar-refractivity contribution >= 4 is 5.97 Å². The molecule has 0 aromatic rings. The van der Waals surface area contributed by atoms with Crippen molar-refractivity contribution in [1.29, 1.82) is 0 Å². The Kier molecular flexibility index (Phi) is 2.28. The van der Waals surface area contributed by atoms with Crippen molar-refractivity contribution in [3.05, 3.63) is 0 Å². The van der Waals surface area contributed by atoms with Gasteiger partial charge in [0.1, 0.15) is 0 Å². The summed E-state index contributed by atoms with van der Waals surface area (Å²) < 4.78 is 0. The fourth-order valence-electron chi connectivity index (χ4n) is 2.41. The van der Waals surface area contributed by atoms with Gasteiger partial charge in [-0.25, -0.2) is 0 Å². The van der Waals surface area contributed by atoms with Crippen LogP contribution in [0.5, 0.6) is 0 Å². The third-order valence-corrected chi connectivity index (χ3v) is 3.49. The molecule has 0 aromatic heterocycles. The maximum Gasteiger partial charge on any atom is 0.310 e. The fraction of sp³-hybridized carbons (Fsp3) is 0.900. The lowest BCUT2D eigenvalue weighted by molar-refractivity contribution is -0.156. The van der Waals surface area contributed by atoms with E-state index in [2.05, 4.69) is 4.90 Å². The first-order valence-corrected chi connectivity index (χ1v) is 5.19. The van der Waals surface area contributed by atoms with Gasteiger partial charge in [0.05, 0.1) is 5.41 Å². The van der Waals surface area contributed by atoms with Crippen LogP contribution < -0.4 is 0 Å². The van der Waals surface area contributed by atoms with E-state index in [0.29, 0.717) is 0 Å². The van der Waals surface area contributed by atoms with Gasteiger partial charge >= 0.3 is 5.97 Å². The minimum atomic E-state index is -0.578. The first-order chi connectivity index (χ1) is 6.23. The van der Waals surface area contributed by atoms with Gasteiger partial charge in [0, 0.05) is 6.54 Å². The van der Waals surface area contributed by atoms with Gasteiger partial charge in [-0.05, 0) is 38.8 Å². The Balaban J connectivity index is 1.93. The SMILES string of the molecule is O=C(O)C1(CN2CCCC2)CCC1. The Hall–Kier alpha value is -0.570. The second-order valence-electron chi connectivity index (χ2n) is 4.42. The summed E-state index contributed by atoms with van der Waals surface area (Å²) in [7, 11) is 0. The van der Waals surface area contributed by atoms with Crippen LogP contribution in [0.3, 0.4) is 0 Å². The van der Waals surface area contributed by atoms with Gasteiger partial charge in [0.25, 0.3) is 0 Å². The van der Waals surface area contributed by atoms with Crippen molar-refractivity contribution in [2.45, 2.75) is 32.1 Å². The van der Waals surface area contributed by atoms with Crippen molar-refractivity contribution in [3.63, 3.8) is 0 Å². The quantitative estimate of drug-likeness (QED) is 0.717. The van der Waals surface area contributed by atoms with Crippen molar-refractivity contribution in [2.24, 2.45) is 5.41 Å². The molecule has 0 radical (unpaired) electrons. The van der Waals surface area contributed by atoms with Crippen LogP contribution in [0.2, 0.25) is 0 Å². The Bertz CT molecular complexity index is 205. The molecule has 74 valence electrons. The van der Waals surface area contributed by atoms with Crippen LogP contribution in [0.25, 0.3) is 0 Å². The molecule has 0 unspecified atom stereocenters. The molecule has 3 nitrogen and oxygen atoms in total. The Morgan fingerprint density at radius 1 is 1.23 bits per heavy atom. The number of hydrogen-bond donors (Lipinski definition) is 1. The van der Waals surface area contributed by atoms with Gasteiger partial charge in [-0.2, -0.15) is 0 Å². The van der Waals surface area contributed by atoms with Gasteiger partial charge in [0.2, 0.25) is 0 Å². The van der Waals surface area contributed by atoms with Gasteiger partial charge in [-0.1, -0.05) is 6.42 Å². The highest BCUT2D eigenvalue weighted by Gasteiger charge is 2.45. The lowest BCUT2D eigenvalue weighted by Crippen LogP contribution is -2.47. The largest absolute Gasteiger partial charge is 0.481 e. The van der Waals surface area contributed by atoms with E-state index in [1.54, 1.807) is 0 Å². The average Bonchev–Trinajstić information content (AvgIpc) is 2.47. The van der Waals surface area contributed by atoms with Crippen molar-refractivity contribution < 1.29 is 9.90 Å². The molecule has 13 heavy (non-hydrogen) atoms. The van der Waals surface area contributed by atoms with E-state index in [0.717, 1.165) is 38.9 Å². The van der Waals surface area contributed by atoms with Gasteiger partial charge < -0.3 is 10.0 Å². The van der Waals surface area contributed by atoms with Crippen LogP contribution in [0.1, 0.15) is 32.1 Å². The third-order valence-electron chi connectivity index (χ3n) is 3.49. The monoisotopic (exact) mass is 183 g/mol. The highest BCUT2D eigenvalue weighted by molar-refractivity contribution is 5.76. The second kappa shape index (κ2) is 3.29. The van der Waals surface area contributed by atoms with E-state index in [9.17, 15) is 4.79 Å². The molecule has 0 aromatic carbocycles. The van der Waals surface area contributed by atoms with Crippen LogP contribution >= 0.6 is 0 Å². The highest BCUT2D eigenvalue weighted by atomic mass is 16.4. The number of aliphatic carboxylic acids is 1. The molecule has 1 aliphatic heterocycles. The summed E-state index contributed by atoms with van der Waals surface area (Å²) in [5, 5.41) is 9.12. The molecule has 1 aliphatic carbocycles. The number of hydrogen-bond acceptors (Lipinski definition) is 2. The zero-order valence-electron chi connectivity index (χ0n) is 7.96. The van der Waals surface area contributed by atoms with Crippen LogP contribution in [0.4, 0.5) is 0 Å². The van der Waals surface area contributed by atoms with E-state index in [-0.39, 0.29) is 5.41 Å². The summed E-state index contributed by atoms with van der Waals surface area (Å²) in [6.07, 6.45) is 5.36. The fourth-order valence-corrected chi connectivity index (χ4v) is 2.41. The van der Waals surface area contributed by atoms with Crippen molar-refractivity contribution in [3.8, 4) is 0 Å². The standard InChI is InChI=1S/C10H17NO2/c12-9(13)10(4-3-5-10)8-11-6-1-2-7-11/h1-8H2,(H,12,13). The molecule has 0 atom stereocenters. The van der Waals surface area contributed by atoms with Gasteiger partial charge in [0.15, 0.2) is 0 Å². The van der Waals surface area contributed by atoms with Gasteiger partial charge in [-0.15, -0.1) is 0 Å². The predicted octanol–water partition coefficient (Wildman–Crippen LogP) is 1.34. The Labute approximate surface area is 78.7 Å². The molecule has 1 heterocycles. The first kappa shape index (κ1) is 9.00. The van der Waals surface area contributed by atoms with Crippen molar-refractivity contribution in [1.82, 2.24) is 4.90 Å². The number of nitrogens with zero attached hydrogens (tertiary/aromatic N) is 1. The van der Waals surface area contributed by atoms with E-state index in [4.69, 9.17) is 5.11 Å². The first-order valence-electron chi connectivity index (χ1n) is 5.19. The lowest BCUT2D eigenvalue weighted by Gasteiger charge is -2.40. The molecule has 2 rings (SSSR count). The number of carbonyl (C=O) groups is 1. The van der Waals surface area contributed by atoms with Crippen molar-refractivity contribution in [2.75, 3.05) is 19.6 Å². The molecule has 1 saturated heterocycles. The summed E-state index contributed by atoms with van der Waals surface area (Å²) >= 11 is 0. The number of rotatable bonds is 3. The molecule has 1 N–H and O–H groups in total. The maximum atomic E-state index is 11.1. The zero-order chi connectivity index (χ0) is 9.31. The number of carboxylic acid groups (broad SMARTS) is 1. The molecule has 2 aliphatic rings. The minimum absolute atomic E-state index is 0.371. The topological polar surface area (TPSA) is 40.5 Å². The Morgan fingerprint density at radius 3 is 2.23 bits per heavy atom. The predicted molar refractivity (Wildman–Crippen MR) is 49.6 cm³/mol. The zero-order valence-corrected chi connectivity index (χ0v) is 7.96. The molecule has 3 heteroatoms. The smallest absolute Gasteiger partial charge is 0.310 e. The van der Waals surface area contributed by atoms with Crippen LogP contribution in [-0.4, -0.2) is 35.6 Å². The van der Waals surface area contributed by atoms with Gasteiger partial charge in [-0.3, -0.25) is 4.79 Å². The third kappa shape index (κ3) is 1.57. The molecule has 2 fully saturated rings. The highest BCUT2D eigenvalue weighted by Crippen LogP contribution is 2.42. The van der Waals surface area contributed by atoms with Crippen LogP contribution in [0.15, 0.2) is 0 Å². The van der Waals surface area contributed by atoms with E-state index in [1.807, 2.05) is 0 Å². The Morgan fingerprint density at radius 2 is 1.85 bits per heavy atom. The number of likely N-dealkylation sites (tertiary alicyclic amines) is 1. The molecule has 0 amide bonds. The molecule has 1 saturated carbocycles. The maximum absolute atomic E-state index is 11.1. The molecule has 0 bridgehead atoms. The number of carboxylic acids is 1. The average molecular weight is 183 g/mol. The molecular weight excluding hydrogens is 166 g/mol. The molecular formula is C10H17NO2. The summed E-state index contributed by atoms with van der Waals surface area (Å²) in [4.78, 5) is 13.4. The second-order valence-corrected chi connectivity index (χ2v) is 4.42. The summed E-state index contributed by atoms with van der Waals surface area (Å²) in [6, 6.07) is 0. The molecule has 0 spiro atoms. The van der Waals surface area contributed by atoms with Crippen LogP contribution in [-0.2, 0) is 4.79 Å². The lowest BCUT2D eigenvalue weighted by atomic mass is 9.68. The normalized spacial score (nSPS) is 27.1. The summed E-state index contributed by atoms with van der Waals surface area (Å²) in [5.41, 5.74) is -0.371. The van der Waals surface area contributed by atoms with E-state index < -0.39 is 5.97 Å².